The van der Waals surface area contributed by atoms with E-state index in [9.17, 15) is 14.4 Å². The molecule has 1 aliphatic heterocycles. The second-order valence-corrected chi connectivity index (χ2v) is 14.9. The van der Waals surface area contributed by atoms with E-state index in [1.54, 1.807) is 33.8 Å². The molecule has 1 N–H and O–H groups in total. The summed E-state index contributed by atoms with van der Waals surface area (Å²) in [5.74, 6) is -5.46. The average Bonchev–Trinajstić information content (AvgIpc) is 3.57. The standard InChI is InChI=1S/C37H50F2N4O7/c1-11-13-14-23-18-36(23,9)50-34(46)42-30(35(6,7)8)32(44)43-19-27(22(5)28(43)33(45)48-20-21(3)4)49-31-29(37(38,39)12-2)40-25-16-15-24(47-10)17-26(25)41-31/h11-12,15-17,21-23,27-28,30H,1-2,13-14,18-20H2,3-10H3,(H,42,46). The molecule has 1 aromatic carbocycles. The normalized spacial score (nSPS) is 24.0. The van der Waals surface area contributed by atoms with Gasteiger partial charge in [-0.2, -0.15) is 8.78 Å². The van der Waals surface area contributed by atoms with Crippen molar-refractivity contribution in [1.29, 1.82) is 0 Å². The number of alkyl carbamates (subject to hydrolysis) is 1. The number of alkyl halides is 2. The highest BCUT2D eigenvalue weighted by Crippen LogP contribution is 2.49. The van der Waals surface area contributed by atoms with Gasteiger partial charge in [-0.3, -0.25) is 4.79 Å². The fourth-order valence-electron chi connectivity index (χ4n) is 6.15. The van der Waals surface area contributed by atoms with Crippen molar-refractivity contribution in [2.75, 3.05) is 20.3 Å². The van der Waals surface area contributed by atoms with Crippen LogP contribution in [0.25, 0.3) is 11.0 Å². The zero-order valence-electron chi connectivity index (χ0n) is 30.3. The summed E-state index contributed by atoms with van der Waals surface area (Å²) in [4.78, 5) is 51.1. The Kier molecular flexibility index (Phi) is 11.5. The molecule has 0 bridgehead atoms. The molecule has 2 heterocycles. The van der Waals surface area contributed by atoms with Gasteiger partial charge in [0.25, 0.3) is 0 Å². The molecule has 6 atom stereocenters. The summed E-state index contributed by atoms with van der Waals surface area (Å²) < 4.78 is 53.3. The van der Waals surface area contributed by atoms with Crippen molar-refractivity contribution in [1.82, 2.24) is 20.2 Å². The van der Waals surface area contributed by atoms with Crippen LogP contribution in [0.4, 0.5) is 13.6 Å². The van der Waals surface area contributed by atoms with Crippen LogP contribution in [0.2, 0.25) is 0 Å². The van der Waals surface area contributed by atoms with Crippen LogP contribution >= 0.6 is 0 Å². The molecule has 6 unspecified atom stereocenters. The van der Waals surface area contributed by atoms with Crippen LogP contribution in [-0.2, 0) is 25.0 Å². The number of halogens is 2. The third-order valence-corrected chi connectivity index (χ3v) is 9.33. The van der Waals surface area contributed by atoms with Gasteiger partial charge in [0.1, 0.15) is 29.5 Å². The number of hydrogen-bond acceptors (Lipinski definition) is 9. The number of rotatable bonds is 14. The monoisotopic (exact) mass is 700 g/mol. The lowest BCUT2D eigenvalue weighted by atomic mass is 9.85. The SMILES string of the molecule is C=CCCC1CC1(C)OC(=O)NC(C(=O)N1CC(Oc2nc3cc(OC)ccc3nc2C(F)(F)C=C)C(C)C1C(=O)OCC(C)C)C(C)(C)C. The molecule has 2 fully saturated rings. The Morgan fingerprint density at radius 3 is 2.46 bits per heavy atom. The van der Waals surface area contributed by atoms with Crippen LogP contribution in [0.15, 0.2) is 43.5 Å². The van der Waals surface area contributed by atoms with Gasteiger partial charge in [0.2, 0.25) is 11.8 Å². The van der Waals surface area contributed by atoms with E-state index >= 15 is 8.78 Å². The van der Waals surface area contributed by atoms with Gasteiger partial charge < -0.3 is 29.2 Å². The van der Waals surface area contributed by atoms with Gasteiger partial charge in [-0.25, -0.2) is 19.6 Å². The van der Waals surface area contributed by atoms with Gasteiger partial charge in [0, 0.05) is 17.9 Å². The molecule has 4 rings (SSSR count). The topological polar surface area (TPSA) is 129 Å². The zero-order valence-corrected chi connectivity index (χ0v) is 30.3. The summed E-state index contributed by atoms with van der Waals surface area (Å²) >= 11 is 0. The highest BCUT2D eigenvalue weighted by molar-refractivity contribution is 5.91. The minimum atomic E-state index is -3.62. The Morgan fingerprint density at radius 2 is 1.86 bits per heavy atom. The van der Waals surface area contributed by atoms with Gasteiger partial charge in [0.05, 0.1) is 31.3 Å². The summed E-state index contributed by atoms with van der Waals surface area (Å²) in [6.45, 7) is 19.5. The average molecular weight is 701 g/mol. The van der Waals surface area contributed by atoms with Crippen molar-refractivity contribution in [2.24, 2.45) is 23.2 Å². The smallest absolute Gasteiger partial charge is 0.408 e. The summed E-state index contributed by atoms with van der Waals surface area (Å²) in [5, 5.41) is 2.75. The predicted molar refractivity (Wildman–Crippen MR) is 184 cm³/mol. The summed E-state index contributed by atoms with van der Waals surface area (Å²) in [6.07, 6.45) is 2.85. The molecule has 1 aromatic heterocycles. The van der Waals surface area contributed by atoms with Gasteiger partial charge in [-0.05, 0) is 55.7 Å². The minimum Gasteiger partial charge on any atom is -0.497 e. The third-order valence-electron chi connectivity index (χ3n) is 9.33. The van der Waals surface area contributed by atoms with E-state index in [0.717, 1.165) is 12.8 Å². The molecule has 1 saturated heterocycles. The van der Waals surface area contributed by atoms with Gasteiger partial charge in [-0.15, -0.1) is 6.58 Å². The molecule has 0 spiro atoms. The third kappa shape index (κ3) is 8.53. The van der Waals surface area contributed by atoms with Crippen molar-refractivity contribution in [3.8, 4) is 11.6 Å². The molecular weight excluding hydrogens is 650 g/mol. The van der Waals surface area contributed by atoms with Gasteiger partial charge >= 0.3 is 18.0 Å². The van der Waals surface area contributed by atoms with E-state index in [0.29, 0.717) is 18.2 Å². The molecule has 2 aromatic rings. The molecule has 1 aliphatic carbocycles. The van der Waals surface area contributed by atoms with Crippen LogP contribution in [0.3, 0.4) is 0 Å². The summed E-state index contributed by atoms with van der Waals surface area (Å²) in [5.41, 5.74) is -1.82. The second kappa shape index (κ2) is 14.9. The number of nitrogens with one attached hydrogen (secondary N) is 1. The number of likely N-dealkylation sites (tertiary alicyclic amines) is 1. The van der Waals surface area contributed by atoms with Crippen LogP contribution in [0.1, 0.15) is 73.4 Å². The Bertz CT molecular complexity index is 1610. The number of amides is 2. The predicted octanol–water partition coefficient (Wildman–Crippen LogP) is 6.60. The van der Waals surface area contributed by atoms with Crippen molar-refractivity contribution >= 4 is 29.0 Å². The van der Waals surface area contributed by atoms with E-state index < -0.39 is 70.6 Å². The number of benzene rings is 1. The first kappa shape index (κ1) is 38.5. The quantitative estimate of drug-likeness (QED) is 0.171. The Balaban J connectivity index is 1.67. The molecule has 11 nitrogen and oxygen atoms in total. The Morgan fingerprint density at radius 1 is 1.16 bits per heavy atom. The first-order chi connectivity index (χ1) is 23.3. The maximum atomic E-state index is 15.2. The van der Waals surface area contributed by atoms with Crippen molar-refractivity contribution in [2.45, 2.75) is 97.4 Å². The van der Waals surface area contributed by atoms with Crippen LogP contribution in [0, 0.1) is 23.2 Å². The second-order valence-electron chi connectivity index (χ2n) is 14.9. The van der Waals surface area contributed by atoms with E-state index in [4.69, 9.17) is 18.9 Å². The lowest BCUT2D eigenvalue weighted by molar-refractivity contribution is -0.156. The van der Waals surface area contributed by atoms with Crippen molar-refractivity contribution < 1.29 is 42.1 Å². The largest absolute Gasteiger partial charge is 0.497 e. The number of carbonyl (C=O) groups is 3. The Hall–Kier alpha value is -4.29. The lowest BCUT2D eigenvalue weighted by Gasteiger charge is -2.35. The summed E-state index contributed by atoms with van der Waals surface area (Å²) in [7, 11) is 1.46. The molecule has 50 heavy (non-hydrogen) atoms. The van der Waals surface area contributed by atoms with E-state index in [2.05, 4.69) is 28.4 Å². The molecule has 2 amide bonds. The van der Waals surface area contributed by atoms with E-state index in [1.807, 2.05) is 26.8 Å². The van der Waals surface area contributed by atoms with Gasteiger partial charge in [0.15, 0.2) is 5.69 Å². The Labute approximate surface area is 292 Å². The maximum Gasteiger partial charge on any atom is 0.408 e. The van der Waals surface area contributed by atoms with Crippen molar-refractivity contribution in [3.63, 3.8) is 0 Å². The summed E-state index contributed by atoms with van der Waals surface area (Å²) in [6, 6.07) is 2.33. The zero-order chi connectivity index (χ0) is 37.2. The van der Waals surface area contributed by atoms with Crippen LogP contribution < -0.4 is 14.8 Å². The molecule has 274 valence electrons. The number of carbonyl (C=O) groups excluding carboxylic acids is 3. The highest BCUT2D eigenvalue weighted by atomic mass is 19.3. The first-order valence-electron chi connectivity index (χ1n) is 17.0. The number of methoxy groups -OCH3 is 1. The number of allylic oxidation sites excluding steroid dienone is 2. The molecule has 2 aliphatic rings. The number of ether oxygens (including phenoxy) is 4. The van der Waals surface area contributed by atoms with Crippen LogP contribution in [-0.4, -0.2) is 76.9 Å². The fourth-order valence-corrected chi connectivity index (χ4v) is 6.15. The molecule has 1 saturated carbocycles. The highest BCUT2D eigenvalue weighted by Gasteiger charge is 2.55. The molecular formula is C37H50F2N4O7. The number of hydrogen-bond donors (Lipinski definition) is 1. The lowest BCUT2D eigenvalue weighted by Crippen LogP contribution is -2.57. The molecule has 13 heteroatoms. The number of esters is 1. The van der Waals surface area contributed by atoms with Crippen molar-refractivity contribution in [3.05, 3.63) is 49.2 Å². The van der Waals surface area contributed by atoms with E-state index in [-0.39, 0.29) is 36.0 Å². The molecule has 0 radical (unpaired) electrons. The van der Waals surface area contributed by atoms with Gasteiger partial charge in [-0.1, -0.05) is 54.2 Å². The maximum absolute atomic E-state index is 15.2. The van der Waals surface area contributed by atoms with Crippen LogP contribution in [0.5, 0.6) is 11.6 Å². The van der Waals surface area contributed by atoms with E-state index in [1.165, 1.54) is 24.1 Å². The number of nitrogens with zero attached hydrogens (tertiary/aromatic N) is 3. The fraction of sp³-hybridized carbons (Fsp3) is 0.595. The first-order valence-corrected chi connectivity index (χ1v) is 17.0. The number of aromatic nitrogens is 2. The number of fused-ring (bicyclic) bond motifs is 1. The minimum absolute atomic E-state index is 0.0123.